The summed E-state index contributed by atoms with van der Waals surface area (Å²) in [4.78, 5) is 4.25. The Morgan fingerprint density at radius 3 is 3.11 bits per heavy atom. The van der Waals surface area contributed by atoms with Gasteiger partial charge in [-0.25, -0.2) is 0 Å². The molecule has 2 saturated heterocycles. The summed E-state index contributed by atoms with van der Waals surface area (Å²) in [7, 11) is 1.71. The molecule has 3 nitrogen and oxygen atoms in total. The molecule has 0 radical (unpaired) electrons. The van der Waals surface area contributed by atoms with Crippen LogP contribution in [0.4, 0.5) is 0 Å². The van der Waals surface area contributed by atoms with Crippen LogP contribution in [0.25, 0.3) is 6.08 Å². The van der Waals surface area contributed by atoms with Gasteiger partial charge in [-0.15, -0.1) is 0 Å². The minimum absolute atomic E-state index is 0.629. The first-order valence-corrected chi connectivity index (χ1v) is 6.72. The van der Waals surface area contributed by atoms with Crippen LogP contribution in [0.5, 0.6) is 0 Å². The van der Waals surface area contributed by atoms with Crippen LogP contribution in [0.2, 0.25) is 0 Å². The highest BCUT2D eigenvalue weighted by Gasteiger charge is 2.37. The summed E-state index contributed by atoms with van der Waals surface area (Å²) in [6.45, 7) is 0.629. The molecule has 2 bridgehead atoms. The van der Waals surface area contributed by atoms with Crippen molar-refractivity contribution in [3.8, 4) is 0 Å². The van der Waals surface area contributed by atoms with Gasteiger partial charge < -0.3 is 10.1 Å². The molecule has 0 amide bonds. The quantitative estimate of drug-likeness (QED) is 0.883. The van der Waals surface area contributed by atoms with Crippen LogP contribution in [0.3, 0.4) is 0 Å². The van der Waals surface area contributed by atoms with E-state index in [1.165, 1.54) is 24.8 Å². The molecule has 0 saturated carbocycles. The third-order valence-electron chi connectivity index (χ3n) is 4.01. The molecule has 3 rings (SSSR count). The monoisotopic (exact) mass is 244 g/mol. The number of aromatic nitrogens is 1. The summed E-state index contributed by atoms with van der Waals surface area (Å²) in [6.07, 6.45) is 12.3. The van der Waals surface area contributed by atoms with Crippen molar-refractivity contribution in [3.05, 3.63) is 35.7 Å². The van der Waals surface area contributed by atoms with E-state index in [-0.39, 0.29) is 0 Å². The number of pyridine rings is 1. The number of nitrogens with zero attached hydrogens (tertiary/aromatic N) is 1. The normalized spacial score (nSPS) is 30.4. The van der Waals surface area contributed by atoms with Gasteiger partial charge in [0.2, 0.25) is 0 Å². The number of nitrogens with one attached hydrogen (secondary N) is 1. The van der Waals surface area contributed by atoms with Crippen LogP contribution in [-0.2, 0) is 11.3 Å². The Bertz CT molecular complexity index is 444. The number of hydrogen-bond donors (Lipinski definition) is 1. The molecule has 3 heterocycles. The first-order valence-electron chi connectivity index (χ1n) is 6.72. The second kappa shape index (κ2) is 5.21. The number of fused-ring (bicyclic) bond motifs is 2. The molecule has 2 aliphatic heterocycles. The predicted octanol–water partition coefficient (Wildman–Crippen LogP) is 2.38. The standard InChI is InChI=1S/C15H20N2O/c1-18-10-12-6-11(8-16-9-12)2-3-13-7-14-4-5-15(13)17-14/h2-3,6,8-9,13-15,17H,4-5,7,10H2,1H3/b3-2+. The van der Waals surface area contributed by atoms with E-state index in [2.05, 4.69) is 28.5 Å². The molecule has 3 heteroatoms. The maximum absolute atomic E-state index is 5.13. The summed E-state index contributed by atoms with van der Waals surface area (Å²) >= 11 is 0. The Hall–Kier alpha value is -1.19. The van der Waals surface area contributed by atoms with E-state index in [0.717, 1.165) is 11.6 Å². The van der Waals surface area contributed by atoms with E-state index >= 15 is 0 Å². The molecule has 0 aromatic carbocycles. The number of rotatable bonds is 4. The SMILES string of the molecule is COCc1cncc(/C=C/C2CC3CCC2N3)c1. The van der Waals surface area contributed by atoms with E-state index < -0.39 is 0 Å². The average Bonchev–Trinajstić information content (AvgIpc) is 2.99. The zero-order valence-electron chi connectivity index (χ0n) is 10.8. The molecule has 1 aromatic rings. The van der Waals surface area contributed by atoms with Crippen molar-refractivity contribution in [1.29, 1.82) is 0 Å². The molecule has 3 unspecified atom stereocenters. The van der Waals surface area contributed by atoms with Crippen molar-refractivity contribution >= 4 is 6.08 Å². The lowest BCUT2D eigenvalue weighted by molar-refractivity contribution is 0.184. The molecular formula is C15H20N2O. The van der Waals surface area contributed by atoms with Gasteiger partial charge >= 0.3 is 0 Å². The molecule has 18 heavy (non-hydrogen) atoms. The summed E-state index contributed by atoms with van der Waals surface area (Å²) in [6, 6.07) is 3.62. The average molecular weight is 244 g/mol. The Labute approximate surface area is 108 Å². The van der Waals surface area contributed by atoms with E-state index in [0.29, 0.717) is 18.6 Å². The van der Waals surface area contributed by atoms with E-state index in [1.54, 1.807) is 7.11 Å². The topological polar surface area (TPSA) is 34.1 Å². The maximum Gasteiger partial charge on any atom is 0.0728 e. The van der Waals surface area contributed by atoms with Gasteiger partial charge in [0.1, 0.15) is 0 Å². The molecule has 0 aliphatic carbocycles. The molecular weight excluding hydrogens is 224 g/mol. The van der Waals surface area contributed by atoms with Crippen molar-refractivity contribution in [1.82, 2.24) is 10.3 Å². The van der Waals surface area contributed by atoms with Gasteiger partial charge in [0.25, 0.3) is 0 Å². The molecule has 3 atom stereocenters. The summed E-state index contributed by atoms with van der Waals surface area (Å²) < 4.78 is 5.13. The Balaban J connectivity index is 1.66. The Kier molecular flexibility index (Phi) is 3.43. The number of methoxy groups -OCH3 is 1. The molecule has 0 spiro atoms. The minimum Gasteiger partial charge on any atom is -0.380 e. The van der Waals surface area contributed by atoms with Crippen molar-refractivity contribution in [2.75, 3.05) is 7.11 Å². The van der Waals surface area contributed by atoms with Crippen LogP contribution in [0, 0.1) is 5.92 Å². The highest BCUT2D eigenvalue weighted by molar-refractivity contribution is 5.49. The van der Waals surface area contributed by atoms with Crippen molar-refractivity contribution in [3.63, 3.8) is 0 Å². The largest absolute Gasteiger partial charge is 0.380 e. The summed E-state index contributed by atoms with van der Waals surface area (Å²) in [5, 5.41) is 3.66. The molecule has 2 fully saturated rings. The maximum atomic E-state index is 5.13. The molecule has 96 valence electrons. The smallest absolute Gasteiger partial charge is 0.0728 e. The summed E-state index contributed by atoms with van der Waals surface area (Å²) in [5.74, 6) is 0.704. The lowest BCUT2D eigenvalue weighted by Crippen LogP contribution is -2.21. The van der Waals surface area contributed by atoms with Gasteiger partial charge in [0.15, 0.2) is 0 Å². The van der Waals surface area contributed by atoms with Gasteiger partial charge in [-0.05, 0) is 42.4 Å². The van der Waals surface area contributed by atoms with E-state index in [1.807, 2.05) is 12.4 Å². The van der Waals surface area contributed by atoms with E-state index in [9.17, 15) is 0 Å². The van der Waals surface area contributed by atoms with Crippen LogP contribution in [0.1, 0.15) is 30.4 Å². The second-order valence-corrected chi connectivity index (χ2v) is 5.37. The lowest BCUT2D eigenvalue weighted by Gasteiger charge is -2.15. The third kappa shape index (κ3) is 2.47. The second-order valence-electron chi connectivity index (χ2n) is 5.37. The van der Waals surface area contributed by atoms with Gasteiger partial charge in [0, 0.05) is 31.6 Å². The fourth-order valence-electron chi connectivity index (χ4n) is 3.16. The first kappa shape index (κ1) is 11.9. The summed E-state index contributed by atoms with van der Waals surface area (Å²) in [5.41, 5.74) is 2.30. The van der Waals surface area contributed by atoms with Gasteiger partial charge in [-0.3, -0.25) is 4.98 Å². The van der Waals surface area contributed by atoms with Crippen LogP contribution < -0.4 is 5.32 Å². The van der Waals surface area contributed by atoms with Crippen molar-refractivity contribution < 1.29 is 4.74 Å². The first-order chi connectivity index (χ1) is 8.85. The van der Waals surface area contributed by atoms with Crippen molar-refractivity contribution in [2.45, 2.75) is 38.0 Å². The highest BCUT2D eigenvalue weighted by atomic mass is 16.5. The molecule has 1 aromatic heterocycles. The van der Waals surface area contributed by atoms with Crippen LogP contribution in [-0.4, -0.2) is 24.2 Å². The third-order valence-corrected chi connectivity index (χ3v) is 4.01. The van der Waals surface area contributed by atoms with Gasteiger partial charge in [0.05, 0.1) is 6.61 Å². The predicted molar refractivity (Wildman–Crippen MR) is 72.0 cm³/mol. The zero-order chi connectivity index (χ0) is 12.4. The van der Waals surface area contributed by atoms with Gasteiger partial charge in [-0.2, -0.15) is 0 Å². The number of ether oxygens (including phenoxy) is 1. The Morgan fingerprint density at radius 1 is 1.44 bits per heavy atom. The lowest BCUT2D eigenvalue weighted by atomic mass is 9.88. The highest BCUT2D eigenvalue weighted by Crippen LogP contribution is 2.34. The minimum atomic E-state index is 0.629. The molecule has 1 N–H and O–H groups in total. The van der Waals surface area contributed by atoms with Crippen LogP contribution in [0.15, 0.2) is 24.5 Å². The van der Waals surface area contributed by atoms with Gasteiger partial charge in [-0.1, -0.05) is 12.2 Å². The molecule has 2 aliphatic rings. The number of hydrogen-bond acceptors (Lipinski definition) is 3. The van der Waals surface area contributed by atoms with E-state index in [4.69, 9.17) is 4.74 Å². The zero-order valence-corrected chi connectivity index (χ0v) is 10.8. The Morgan fingerprint density at radius 2 is 2.39 bits per heavy atom. The van der Waals surface area contributed by atoms with Crippen molar-refractivity contribution in [2.24, 2.45) is 5.92 Å². The fraction of sp³-hybridized carbons (Fsp3) is 0.533. The van der Waals surface area contributed by atoms with Crippen LogP contribution >= 0.6 is 0 Å². The fourth-order valence-corrected chi connectivity index (χ4v) is 3.16.